The van der Waals surface area contributed by atoms with Crippen molar-refractivity contribution < 1.29 is 9.53 Å². The van der Waals surface area contributed by atoms with Gasteiger partial charge in [-0.3, -0.25) is 9.69 Å². The number of nitrogens with zero attached hydrogens (tertiary/aromatic N) is 3. The Morgan fingerprint density at radius 3 is 2.17 bits per heavy atom. The Balaban J connectivity index is 1.26. The summed E-state index contributed by atoms with van der Waals surface area (Å²) in [5.74, 6) is 0.933. The van der Waals surface area contributed by atoms with E-state index >= 15 is 0 Å². The number of rotatable bonds is 6. The van der Waals surface area contributed by atoms with Crippen LogP contribution in [-0.4, -0.2) is 63.7 Å². The van der Waals surface area contributed by atoms with Crippen LogP contribution in [0.2, 0.25) is 0 Å². The number of amides is 1. The van der Waals surface area contributed by atoms with Crippen LogP contribution in [-0.2, 0) is 4.79 Å². The lowest BCUT2D eigenvalue weighted by molar-refractivity contribution is -0.117. The van der Waals surface area contributed by atoms with Crippen LogP contribution in [0.3, 0.4) is 0 Å². The van der Waals surface area contributed by atoms with Crippen molar-refractivity contribution in [2.75, 3.05) is 68.0 Å². The van der Waals surface area contributed by atoms with Crippen LogP contribution >= 0.6 is 0 Å². The van der Waals surface area contributed by atoms with Gasteiger partial charge in [-0.1, -0.05) is 0 Å². The van der Waals surface area contributed by atoms with Gasteiger partial charge in [0.05, 0.1) is 13.7 Å². The molecule has 1 N–H and O–H groups in total. The predicted molar refractivity (Wildman–Crippen MR) is 123 cm³/mol. The average Bonchev–Trinajstić information content (AvgIpc) is 3.31. The zero-order chi connectivity index (χ0) is 20.9. The van der Waals surface area contributed by atoms with Crippen LogP contribution in [0.25, 0.3) is 0 Å². The van der Waals surface area contributed by atoms with Crippen molar-refractivity contribution in [1.82, 2.24) is 4.90 Å². The second kappa shape index (κ2) is 9.39. The Bertz CT molecular complexity index is 854. The van der Waals surface area contributed by atoms with E-state index in [1.807, 2.05) is 18.2 Å². The van der Waals surface area contributed by atoms with Crippen LogP contribution in [0.5, 0.6) is 5.75 Å². The lowest BCUT2D eigenvalue weighted by atomic mass is 10.1. The molecule has 6 nitrogen and oxygen atoms in total. The number of nitrogens with one attached hydrogen (secondary N) is 1. The molecular formula is C24H32N4O2. The first-order valence-electron chi connectivity index (χ1n) is 10.9. The van der Waals surface area contributed by atoms with Crippen LogP contribution in [0.15, 0.2) is 42.5 Å². The minimum Gasteiger partial charge on any atom is -0.497 e. The van der Waals surface area contributed by atoms with Gasteiger partial charge in [0.15, 0.2) is 0 Å². The number of ether oxygens (including phenoxy) is 1. The van der Waals surface area contributed by atoms with Crippen LogP contribution in [0.4, 0.5) is 17.1 Å². The number of carbonyl (C=O) groups is 1. The van der Waals surface area contributed by atoms with Crippen molar-refractivity contribution in [3.63, 3.8) is 0 Å². The first kappa shape index (κ1) is 20.5. The number of hydrogen-bond donors (Lipinski definition) is 1. The fraction of sp³-hybridized carbons (Fsp3) is 0.458. The van der Waals surface area contributed by atoms with Crippen LogP contribution in [0, 0.1) is 6.92 Å². The average molecular weight is 409 g/mol. The van der Waals surface area contributed by atoms with E-state index in [0.717, 1.165) is 56.3 Å². The van der Waals surface area contributed by atoms with Crippen molar-refractivity contribution in [3.8, 4) is 5.75 Å². The monoisotopic (exact) mass is 408 g/mol. The van der Waals surface area contributed by atoms with Crippen LogP contribution < -0.4 is 19.9 Å². The molecule has 2 aliphatic heterocycles. The third-order valence-electron chi connectivity index (χ3n) is 6.13. The number of piperazine rings is 1. The van der Waals surface area contributed by atoms with Gasteiger partial charge in [-0.25, -0.2) is 0 Å². The Morgan fingerprint density at radius 1 is 0.900 bits per heavy atom. The zero-order valence-electron chi connectivity index (χ0n) is 18.1. The molecule has 0 unspecified atom stereocenters. The summed E-state index contributed by atoms with van der Waals surface area (Å²) in [6.07, 6.45) is 2.53. The van der Waals surface area contributed by atoms with E-state index in [2.05, 4.69) is 51.2 Å². The second-order valence-electron chi connectivity index (χ2n) is 8.20. The molecule has 2 aromatic rings. The molecule has 1 amide bonds. The Hall–Kier alpha value is -2.73. The molecule has 0 aromatic heterocycles. The van der Waals surface area contributed by atoms with Gasteiger partial charge in [-0.15, -0.1) is 0 Å². The number of aryl methyl sites for hydroxylation is 1. The summed E-state index contributed by atoms with van der Waals surface area (Å²) < 4.78 is 5.23. The maximum atomic E-state index is 12.6. The molecule has 160 valence electrons. The minimum atomic E-state index is 0.0601. The Morgan fingerprint density at radius 2 is 1.53 bits per heavy atom. The smallest absolute Gasteiger partial charge is 0.238 e. The quantitative estimate of drug-likeness (QED) is 0.794. The summed E-state index contributed by atoms with van der Waals surface area (Å²) in [6.45, 7) is 8.37. The molecule has 2 heterocycles. The van der Waals surface area contributed by atoms with E-state index in [4.69, 9.17) is 4.74 Å². The highest BCUT2D eigenvalue weighted by Gasteiger charge is 2.20. The molecule has 4 rings (SSSR count). The minimum absolute atomic E-state index is 0.0601. The first-order chi connectivity index (χ1) is 14.6. The lowest BCUT2D eigenvalue weighted by Crippen LogP contribution is -2.48. The highest BCUT2D eigenvalue weighted by atomic mass is 16.5. The summed E-state index contributed by atoms with van der Waals surface area (Å²) in [5.41, 5.74) is 4.50. The number of carbonyl (C=O) groups excluding carboxylic acids is 1. The molecule has 0 radical (unpaired) electrons. The Labute approximate surface area is 179 Å². The van der Waals surface area contributed by atoms with Crippen LogP contribution in [0.1, 0.15) is 18.4 Å². The topological polar surface area (TPSA) is 48.1 Å². The van der Waals surface area contributed by atoms with Gasteiger partial charge in [-0.05, 0) is 67.8 Å². The van der Waals surface area contributed by atoms with E-state index in [1.54, 1.807) is 7.11 Å². The molecule has 2 fully saturated rings. The van der Waals surface area contributed by atoms with Crippen molar-refractivity contribution in [1.29, 1.82) is 0 Å². The molecule has 2 aromatic carbocycles. The van der Waals surface area contributed by atoms with Gasteiger partial charge in [-0.2, -0.15) is 0 Å². The maximum Gasteiger partial charge on any atom is 0.238 e. The summed E-state index contributed by atoms with van der Waals surface area (Å²) >= 11 is 0. The molecular weight excluding hydrogens is 376 g/mol. The third kappa shape index (κ3) is 4.87. The largest absolute Gasteiger partial charge is 0.497 e. The molecule has 0 saturated carbocycles. The molecule has 6 heteroatoms. The highest BCUT2D eigenvalue weighted by Crippen LogP contribution is 2.25. The van der Waals surface area contributed by atoms with Gasteiger partial charge in [0, 0.05) is 56.3 Å². The van der Waals surface area contributed by atoms with E-state index in [1.165, 1.54) is 24.2 Å². The number of methoxy groups -OCH3 is 1. The fourth-order valence-corrected chi connectivity index (χ4v) is 4.31. The predicted octanol–water partition coefficient (Wildman–Crippen LogP) is 3.36. The maximum absolute atomic E-state index is 12.6. The first-order valence-corrected chi connectivity index (χ1v) is 10.9. The molecule has 0 spiro atoms. The fourth-order valence-electron chi connectivity index (χ4n) is 4.31. The van der Waals surface area contributed by atoms with Gasteiger partial charge in [0.25, 0.3) is 0 Å². The lowest BCUT2D eigenvalue weighted by Gasteiger charge is -2.35. The van der Waals surface area contributed by atoms with Crippen molar-refractivity contribution in [3.05, 3.63) is 48.0 Å². The third-order valence-corrected chi connectivity index (χ3v) is 6.13. The van der Waals surface area contributed by atoms with Gasteiger partial charge < -0.3 is 19.9 Å². The van der Waals surface area contributed by atoms with E-state index < -0.39 is 0 Å². The molecule has 2 saturated heterocycles. The zero-order valence-corrected chi connectivity index (χ0v) is 18.1. The molecule has 0 bridgehead atoms. The molecule has 30 heavy (non-hydrogen) atoms. The van der Waals surface area contributed by atoms with Gasteiger partial charge in [0.2, 0.25) is 5.91 Å². The standard InChI is InChI=1S/C24H32N4O2/c1-19-17-21(27-11-3-4-12-27)7-10-23(19)25-24(29)18-26-13-15-28(16-14-26)20-5-8-22(30-2)9-6-20/h5-10,17H,3-4,11-16,18H2,1-2H3,(H,25,29). The van der Waals surface area contributed by atoms with E-state index in [9.17, 15) is 4.79 Å². The number of benzene rings is 2. The molecule has 2 aliphatic rings. The summed E-state index contributed by atoms with van der Waals surface area (Å²) in [5, 5.41) is 3.10. The molecule has 0 atom stereocenters. The number of anilines is 3. The van der Waals surface area contributed by atoms with E-state index in [-0.39, 0.29) is 5.91 Å². The number of hydrogen-bond acceptors (Lipinski definition) is 5. The summed E-state index contributed by atoms with van der Waals surface area (Å²) in [7, 11) is 1.68. The van der Waals surface area contributed by atoms with Gasteiger partial charge >= 0.3 is 0 Å². The van der Waals surface area contributed by atoms with Gasteiger partial charge in [0.1, 0.15) is 5.75 Å². The normalized spacial score (nSPS) is 17.3. The molecule has 0 aliphatic carbocycles. The highest BCUT2D eigenvalue weighted by molar-refractivity contribution is 5.93. The SMILES string of the molecule is COc1ccc(N2CCN(CC(=O)Nc3ccc(N4CCCC4)cc3C)CC2)cc1. The van der Waals surface area contributed by atoms with E-state index in [0.29, 0.717) is 6.54 Å². The van der Waals surface area contributed by atoms with Crippen molar-refractivity contribution in [2.24, 2.45) is 0 Å². The van der Waals surface area contributed by atoms with Crippen molar-refractivity contribution >= 4 is 23.0 Å². The summed E-state index contributed by atoms with van der Waals surface area (Å²) in [6, 6.07) is 14.5. The summed E-state index contributed by atoms with van der Waals surface area (Å²) in [4.78, 5) is 19.6. The Kier molecular flexibility index (Phi) is 6.43. The van der Waals surface area contributed by atoms with Crippen molar-refractivity contribution in [2.45, 2.75) is 19.8 Å². The second-order valence-corrected chi connectivity index (χ2v) is 8.20.